The highest BCUT2D eigenvalue weighted by molar-refractivity contribution is 7.18. The molecule has 0 spiro atoms. The minimum atomic E-state index is 1.26. The largest absolute Gasteiger partial charge is 0.239 e. The molecule has 1 heteroatoms. The Morgan fingerprint density at radius 2 is 1.00 bits per heavy atom. The predicted molar refractivity (Wildman–Crippen MR) is 110 cm³/mol. The Kier molecular flexibility index (Phi) is 4.41. The molecule has 0 N–H and O–H groups in total. The molecule has 0 amide bonds. The van der Waals surface area contributed by atoms with Gasteiger partial charge in [0.2, 0.25) is 21.1 Å². The molecule has 0 radical (unpaired) electrons. The molecule has 0 aliphatic rings. The van der Waals surface area contributed by atoms with E-state index in [2.05, 4.69) is 104 Å². The van der Waals surface area contributed by atoms with Crippen LogP contribution in [0, 0.1) is 6.92 Å². The molecule has 0 saturated carbocycles. The summed E-state index contributed by atoms with van der Waals surface area (Å²) < 4.78 is 0. The number of benzene rings is 3. The maximum Gasteiger partial charge on any atom is 0.239 e. The average molecular weight is 339 g/mol. The van der Waals surface area contributed by atoms with Crippen LogP contribution in [0.1, 0.15) is 5.56 Å². The number of aryl methyl sites for hydroxylation is 1. The van der Waals surface area contributed by atoms with Crippen LogP contribution in [-0.4, -0.2) is 0 Å². The zero-order valence-corrected chi connectivity index (χ0v) is 15.0. The lowest BCUT2D eigenvalue weighted by Gasteiger charge is -2.04. The third kappa shape index (κ3) is 3.52. The predicted octanol–water partition coefficient (Wildman–Crippen LogP) is 7.34. The monoisotopic (exact) mass is 339 g/mol. The second-order valence-electron chi connectivity index (χ2n) is 6.18. The van der Waals surface area contributed by atoms with Gasteiger partial charge in [0.1, 0.15) is 0 Å². The van der Waals surface area contributed by atoms with E-state index in [4.69, 9.17) is 0 Å². The van der Waals surface area contributed by atoms with Gasteiger partial charge in [0, 0.05) is 23.3 Å². The molecule has 4 rings (SSSR count). The summed E-state index contributed by atoms with van der Waals surface area (Å²) in [6.07, 6.45) is 0. The van der Waals surface area contributed by atoms with Gasteiger partial charge in [-0.1, -0.05) is 66.2 Å². The van der Waals surface area contributed by atoms with Crippen molar-refractivity contribution in [1.29, 1.82) is 0 Å². The van der Waals surface area contributed by atoms with Gasteiger partial charge in [-0.2, -0.15) is 0 Å². The van der Waals surface area contributed by atoms with E-state index in [0.29, 0.717) is 0 Å². The number of hydrogen-bond donors (Lipinski definition) is 0. The van der Waals surface area contributed by atoms with Crippen LogP contribution in [-0.2, 0) is 0 Å². The number of hydrogen-bond acceptors (Lipinski definition) is 0. The minimum absolute atomic E-state index is 1.26. The van der Waals surface area contributed by atoms with Crippen molar-refractivity contribution in [2.24, 2.45) is 0 Å². The maximum absolute atomic E-state index is 2.31. The Morgan fingerprint density at radius 1 is 0.480 bits per heavy atom. The van der Waals surface area contributed by atoms with E-state index in [-0.39, 0.29) is 0 Å². The van der Waals surface area contributed by atoms with Crippen molar-refractivity contribution in [3.63, 3.8) is 0 Å². The summed E-state index contributed by atoms with van der Waals surface area (Å²) in [4.78, 5) is 2.58. The molecule has 3 aromatic carbocycles. The highest BCUT2D eigenvalue weighted by atomic mass is 32.1. The Balaban J connectivity index is 1.92. The third-order valence-corrected chi connectivity index (χ3v) is 5.41. The molecular weight excluding hydrogens is 320 g/mol. The van der Waals surface area contributed by atoms with Crippen LogP contribution in [0.5, 0.6) is 0 Å². The normalized spacial score (nSPS) is 10.6. The Bertz CT molecular complexity index is 931. The first-order valence-electron chi connectivity index (χ1n) is 8.46. The van der Waals surface area contributed by atoms with Gasteiger partial charge in [-0.05, 0) is 42.3 Å². The summed E-state index contributed by atoms with van der Waals surface area (Å²) in [5, 5.41) is 0. The summed E-state index contributed by atoms with van der Waals surface area (Å²) >= 11 is 1.84. The average Bonchev–Trinajstić information content (AvgIpc) is 2.69. The van der Waals surface area contributed by atoms with E-state index in [9.17, 15) is 0 Å². The van der Waals surface area contributed by atoms with Gasteiger partial charge in [0.15, 0.2) is 0 Å². The van der Waals surface area contributed by atoms with Gasteiger partial charge in [0.05, 0.1) is 0 Å². The lowest BCUT2D eigenvalue weighted by molar-refractivity contribution is 1.47. The fourth-order valence-electron chi connectivity index (χ4n) is 2.98. The zero-order valence-electron chi connectivity index (χ0n) is 14.1. The Hall–Kier alpha value is -2.77. The SMILES string of the molecule is Cc1cccc(-c2cc(-c3ccccc3)[s+]c(-c3ccccc3)c2)c1. The fourth-order valence-corrected chi connectivity index (χ4v) is 4.10. The van der Waals surface area contributed by atoms with Gasteiger partial charge in [-0.3, -0.25) is 0 Å². The summed E-state index contributed by atoms with van der Waals surface area (Å²) in [5.41, 5.74) is 6.34. The van der Waals surface area contributed by atoms with Crippen LogP contribution in [0.2, 0.25) is 0 Å². The molecule has 0 bridgehead atoms. The van der Waals surface area contributed by atoms with Gasteiger partial charge in [-0.25, -0.2) is 0 Å². The first-order chi connectivity index (χ1) is 12.3. The minimum Gasteiger partial charge on any atom is -0.0622 e. The fraction of sp³-hybridized carbons (Fsp3) is 0.0417. The molecule has 120 valence electrons. The van der Waals surface area contributed by atoms with Gasteiger partial charge in [-0.15, -0.1) is 0 Å². The topological polar surface area (TPSA) is 0 Å². The van der Waals surface area contributed by atoms with E-state index in [0.717, 1.165) is 0 Å². The third-order valence-electron chi connectivity index (χ3n) is 4.26. The highest BCUT2D eigenvalue weighted by Gasteiger charge is 2.18. The number of rotatable bonds is 3. The van der Waals surface area contributed by atoms with E-state index in [1.165, 1.54) is 37.6 Å². The molecule has 0 aliphatic heterocycles. The van der Waals surface area contributed by atoms with Crippen molar-refractivity contribution in [2.75, 3.05) is 0 Å². The second-order valence-corrected chi connectivity index (χ2v) is 7.26. The standard InChI is InChI=1S/C24H19S/c1-18-9-8-14-21(15-18)22-16-23(19-10-4-2-5-11-19)25-24(17-22)20-12-6-3-7-13-20/h2-17H,1H3/q+1. The van der Waals surface area contributed by atoms with E-state index in [1.807, 2.05) is 11.3 Å². The smallest absolute Gasteiger partial charge is 0.0622 e. The van der Waals surface area contributed by atoms with E-state index < -0.39 is 0 Å². The zero-order chi connectivity index (χ0) is 17.1. The van der Waals surface area contributed by atoms with Crippen LogP contribution in [0.15, 0.2) is 97.1 Å². The quantitative estimate of drug-likeness (QED) is 0.343. The van der Waals surface area contributed by atoms with Crippen molar-refractivity contribution in [2.45, 2.75) is 6.92 Å². The molecule has 0 fully saturated rings. The molecule has 0 aliphatic carbocycles. The van der Waals surface area contributed by atoms with Crippen LogP contribution in [0.3, 0.4) is 0 Å². The van der Waals surface area contributed by atoms with Gasteiger partial charge < -0.3 is 0 Å². The lowest BCUT2D eigenvalue weighted by Crippen LogP contribution is -1.84. The molecule has 0 nitrogen and oxygen atoms in total. The molecule has 0 unspecified atom stereocenters. The van der Waals surface area contributed by atoms with Crippen molar-refractivity contribution in [1.82, 2.24) is 0 Å². The van der Waals surface area contributed by atoms with Crippen LogP contribution in [0.4, 0.5) is 0 Å². The van der Waals surface area contributed by atoms with E-state index in [1.54, 1.807) is 0 Å². The summed E-state index contributed by atoms with van der Waals surface area (Å²) in [7, 11) is 0. The summed E-state index contributed by atoms with van der Waals surface area (Å²) in [5.74, 6) is 0. The van der Waals surface area contributed by atoms with Crippen molar-refractivity contribution in [3.8, 4) is 32.0 Å². The molecule has 25 heavy (non-hydrogen) atoms. The second kappa shape index (κ2) is 7.00. The molecular formula is C24H19S+. The van der Waals surface area contributed by atoms with Crippen LogP contribution in [0.25, 0.3) is 32.0 Å². The van der Waals surface area contributed by atoms with E-state index >= 15 is 0 Å². The summed E-state index contributed by atoms with van der Waals surface area (Å²) in [6.45, 7) is 2.14. The molecule has 4 aromatic rings. The van der Waals surface area contributed by atoms with Gasteiger partial charge in [0.25, 0.3) is 0 Å². The first-order valence-corrected chi connectivity index (χ1v) is 9.27. The van der Waals surface area contributed by atoms with Crippen LogP contribution < -0.4 is 0 Å². The molecule has 1 heterocycles. The molecule has 1 aromatic heterocycles. The van der Waals surface area contributed by atoms with Gasteiger partial charge >= 0.3 is 0 Å². The Morgan fingerprint density at radius 3 is 1.52 bits per heavy atom. The van der Waals surface area contributed by atoms with Crippen molar-refractivity contribution in [3.05, 3.63) is 103 Å². The molecule has 0 saturated heterocycles. The Labute approximate surface area is 153 Å². The van der Waals surface area contributed by atoms with Crippen molar-refractivity contribution >= 4 is 11.3 Å². The first kappa shape index (κ1) is 15.7. The highest BCUT2D eigenvalue weighted by Crippen LogP contribution is 2.37. The maximum atomic E-state index is 2.31. The van der Waals surface area contributed by atoms with Crippen LogP contribution >= 0.6 is 11.3 Å². The van der Waals surface area contributed by atoms with Crippen molar-refractivity contribution < 1.29 is 0 Å². The molecule has 0 atom stereocenters. The lowest BCUT2D eigenvalue weighted by atomic mass is 10.0. The summed E-state index contributed by atoms with van der Waals surface area (Å²) in [6, 6.07) is 34.6.